The van der Waals surface area contributed by atoms with Gasteiger partial charge in [0.15, 0.2) is 0 Å². The smallest absolute Gasteiger partial charge is 0.258 e. The van der Waals surface area contributed by atoms with Crippen molar-refractivity contribution in [3.8, 4) is 23.3 Å². The van der Waals surface area contributed by atoms with Gasteiger partial charge in [-0.05, 0) is 27.1 Å². The predicted molar refractivity (Wildman–Crippen MR) is 113 cm³/mol. The summed E-state index contributed by atoms with van der Waals surface area (Å²) >= 11 is 0. The summed E-state index contributed by atoms with van der Waals surface area (Å²) in [5.41, 5.74) is 7.80. The van der Waals surface area contributed by atoms with Gasteiger partial charge >= 0.3 is 0 Å². The van der Waals surface area contributed by atoms with E-state index in [4.69, 9.17) is 19.9 Å². The van der Waals surface area contributed by atoms with E-state index in [1.54, 1.807) is 35.9 Å². The Balaban J connectivity index is 2.28. The van der Waals surface area contributed by atoms with Crippen LogP contribution in [0.1, 0.15) is 22.7 Å². The second-order valence-corrected chi connectivity index (χ2v) is 7.36. The molecule has 0 spiro atoms. The maximum absolute atomic E-state index is 13.5. The Morgan fingerprint density at radius 3 is 2.60 bits per heavy atom. The summed E-state index contributed by atoms with van der Waals surface area (Å²) < 4.78 is 18.2. The van der Waals surface area contributed by atoms with Crippen LogP contribution < -0.4 is 25.5 Å². The first-order valence-electron chi connectivity index (χ1n) is 9.50. The van der Waals surface area contributed by atoms with Crippen LogP contribution in [-0.4, -0.2) is 44.3 Å². The number of aryl methyl sites for hydroxylation is 1. The number of methoxy groups -OCH3 is 2. The van der Waals surface area contributed by atoms with Crippen molar-refractivity contribution in [3.05, 3.63) is 62.9 Å². The molecule has 1 atom stereocenters. The zero-order valence-electron chi connectivity index (χ0n) is 17.9. The van der Waals surface area contributed by atoms with Crippen molar-refractivity contribution >= 4 is 0 Å². The number of benzene rings is 1. The summed E-state index contributed by atoms with van der Waals surface area (Å²) in [6.07, 6.45) is 0. The van der Waals surface area contributed by atoms with Gasteiger partial charge in [-0.2, -0.15) is 5.26 Å². The molecular formula is C22H26N4O4. The lowest BCUT2D eigenvalue weighted by Crippen LogP contribution is -2.34. The van der Waals surface area contributed by atoms with Gasteiger partial charge in [-0.1, -0.05) is 6.07 Å². The molecule has 0 amide bonds. The Bertz CT molecular complexity index is 1100. The van der Waals surface area contributed by atoms with Crippen molar-refractivity contribution in [1.29, 1.82) is 5.26 Å². The van der Waals surface area contributed by atoms with Crippen molar-refractivity contribution in [1.82, 2.24) is 9.47 Å². The summed E-state index contributed by atoms with van der Waals surface area (Å²) in [6.45, 7) is 3.06. The molecule has 8 nitrogen and oxygen atoms in total. The van der Waals surface area contributed by atoms with Crippen LogP contribution in [0, 0.1) is 18.3 Å². The van der Waals surface area contributed by atoms with E-state index < -0.39 is 5.92 Å². The van der Waals surface area contributed by atoms with E-state index in [1.165, 1.54) is 7.11 Å². The van der Waals surface area contributed by atoms with Crippen LogP contribution in [0.25, 0.3) is 0 Å². The average Bonchev–Trinajstić information content (AvgIpc) is 2.71. The Labute approximate surface area is 175 Å². The van der Waals surface area contributed by atoms with E-state index in [1.807, 2.05) is 25.9 Å². The third kappa shape index (κ3) is 3.72. The van der Waals surface area contributed by atoms with Gasteiger partial charge in [0, 0.05) is 36.5 Å². The molecule has 0 bridgehead atoms. The molecule has 0 radical (unpaired) electrons. The highest BCUT2D eigenvalue weighted by atomic mass is 16.5. The molecule has 2 N–H and O–H groups in total. The zero-order valence-corrected chi connectivity index (χ0v) is 17.9. The number of nitriles is 1. The number of aromatic nitrogens is 1. The number of ether oxygens (including phenoxy) is 3. The fourth-order valence-corrected chi connectivity index (χ4v) is 3.63. The topological polar surface area (TPSA) is 103 Å². The van der Waals surface area contributed by atoms with Gasteiger partial charge in [-0.3, -0.25) is 4.79 Å². The third-order valence-corrected chi connectivity index (χ3v) is 5.21. The number of fused-ring (bicyclic) bond motifs is 1. The monoisotopic (exact) mass is 410 g/mol. The first-order chi connectivity index (χ1) is 14.3. The molecule has 1 unspecified atom stereocenters. The van der Waals surface area contributed by atoms with Gasteiger partial charge in [0.05, 0.1) is 25.7 Å². The molecule has 0 fully saturated rings. The minimum atomic E-state index is -0.710. The lowest BCUT2D eigenvalue weighted by molar-refractivity contribution is 0.366. The number of hydrogen-bond acceptors (Lipinski definition) is 7. The lowest BCUT2D eigenvalue weighted by Gasteiger charge is -2.28. The van der Waals surface area contributed by atoms with Gasteiger partial charge in [0.2, 0.25) is 5.88 Å². The van der Waals surface area contributed by atoms with Crippen molar-refractivity contribution in [3.63, 3.8) is 0 Å². The molecule has 0 saturated carbocycles. The van der Waals surface area contributed by atoms with Gasteiger partial charge in [0.25, 0.3) is 5.56 Å². The summed E-state index contributed by atoms with van der Waals surface area (Å²) in [4.78, 5) is 15.6. The lowest BCUT2D eigenvalue weighted by atomic mass is 9.83. The number of likely N-dealkylation sites (N-methyl/N-ethyl adjacent to an activating group) is 1. The maximum atomic E-state index is 13.5. The molecule has 1 aliphatic heterocycles. The molecule has 1 aliphatic rings. The second kappa shape index (κ2) is 8.51. The van der Waals surface area contributed by atoms with E-state index in [0.29, 0.717) is 41.5 Å². The number of rotatable bonds is 6. The molecule has 0 saturated heterocycles. The van der Waals surface area contributed by atoms with Crippen LogP contribution in [0.5, 0.6) is 17.2 Å². The number of nitrogens with two attached hydrogens (primary N) is 1. The quantitative estimate of drug-likeness (QED) is 0.776. The fourth-order valence-electron chi connectivity index (χ4n) is 3.63. The van der Waals surface area contributed by atoms with E-state index in [9.17, 15) is 10.1 Å². The SMILES string of the molecule is COc1ccc(C2C(C#N)=C(N)Oc3cc(C)n(CCN(C)C)c(=O)c32)c(OC)c1. The van der Waals surface area contributed by atoms with Gasteiger partial charge < -0.3 is 29.4 Å². The summed E-state index contributed by atoms with van der Waals surface area (Å²) in [5, 5.41) is 9.83. The van der Waals surface area contributed by atoms with Gasteiger partial charge in [-0.25, -0.2) is 0 Å². The zero-order chi connectivity index (χ0) is 22.0. The predicted octanol–water partition coefficient (Wildman–Crippen LogP) is 1.95. The highest BCUT2D eigenvalue weighted by Crippen LogP contribution is 2.44. The Morgan fingerprint density at radius 2 is 2.00 bits per heavy atom. The Morgan fingerprint density at radius 1 is 1.27 bits per heavy atom. The second-order valence-electron chi connectivity index (χ2n) is 7.36. The molecular weight excluding hydrogens is 384 g/mol. The van der Waals surface area contributed by atoms with E-state index in [-0.39, 0.29) is 17.0 Å². The normalized spacial score (nSPS) is 15.4. The Kier molecular flexibility index (Phi) is 6.04. The van der Waals surface area contributed by atoms with Crippen LogP contribution in [0.3, 0.4) is 0 Å². The minimum Gasteiger partial charge on any atom is -0.497 e. The van der Waals surface area contributed by atoms with Crippen molar-refractivity contribution in [2.24, 2.45) is 5.73 Å². The highest BCUT2D eigenvalue weighted by Gasteiger charge is 2.36. The van der Waals surface area contributed by atoms with Crippen LogP contribution in [0.2, 0.25) is 0 Å². The van der Waals surface area contributed by atoms with Crippen molar-refractivity contribution < 1.29 is 14.2 Å². The van der Waals surface area contributed by atoms with Crippen molar-refractivity contribution in [2.75, 3.05) is 34.9 Å². The molecule has 1 aromatic carbocycles. The van der Waals surface area contributed by atoms with Crippen LogP contribution in [0.15, 0.2) is 40.5 Å². The van der Waals surface area contributed by atoms with E-state index in [2.05, 4.69) is 6.07 Å². The molecule has 2 aromatic rings. The summed E-state index contributed by atoms with van der Waals surface area (Å²) in [6, 6.07) is 9.17. The van der Waals surface area contributed by atoms with Crippen LogP contribution in [0.4, 0.5) is 0 Å². The number of allylic oxidation sites excluding steroid dienone is 1. The van der Waals surface area contributed by atoms with E-state index >= 15 is 0 Å². The third-order valence-electron chi connectivity index (χ3n) is 5.21. The van der Waals surface area contributed by atoms with Gasteiger partial charge in [0.1, 0.15) is 28.9 Å². The molecule has 1 aromatic heterocycles. The van der Waals surface area contributed by atoms with Crippen LogP contribution in [-0.2, 0) is 6.54 Å². The number of pyridine rings is 1. The molecule has 0 aliphatic carbocycles. The standard InChI is InChI=1S/C22H26N4O4/c1-13-10-18-20(22(27)26(13)9-8-25(2)3)19(16(12-23)21(24)30-18)15-7-6-14(28-4)11-17(15)29-5/h6-7,10-11,19H,8-9,24H2,1-5H3. The summed E-state index contributed by atoms with van der Waals surface area (Å²) in [7, 11) is 6.99. The molecule has 2 heterocycles. The van der Waals surface area contributed by atoms with E-state index in [0.717, 1.165) is 5.69 Å². The fraction of sp³-hybridized carbons (Fsp3) is 0.364. The number of hydrogen-bond donors (Lipinski definition) is 1. The summed E-state index contributed by atoms with van der Waals surface area (Å²) in [5.74, 6) is 0.729. The number of nitrogens with zero attached hydrogens (tertiary/aromatic N) is 3. The molecule has 3 rings (SSSR count). The first kappa shape index (κ1) is 21.3. The molecule has 30 heavy (non-hydrogen) atoms. The highest BCUT2D eigenvalue weighted by molar-refractivity contribution is 5.59. The largest absolute Gasteiger partial charge is 0.497 e. The van der Waals surface area contributed by atoms with Crippen LogP contribution >= 0.6 is 0 Å². The Hall–Kier alpha value is -3.44. The maximum Gasteiger partial charge on any atom is 0.258 e. The van der Waals surface area contributed by atoms with Gasteiger partial charge in [-0.15, -0.1) is 0 Å². The molecule has 158 valence electrons. The first-order valence-corrected chi connectivity index (χ1v) is 9.50. The minimum absolute atomic E-state index is 0.0160. The molecule has 8 heteroatoms. The van der Waals surface area contributed by atoms with Crippen molar-refractivity contribution in [2.45, 2.75) is 19.4 Å². The average molecular weight is 410 g/mol.